The van der Waals surface area contributed by atoms with E-state index in [1.165, 1.54) is 17.0 Å². The second-order valence-corrected chi connectivity index (χ2v) is 2.81. The Morgan fingerprint density at radius 1 is 1.64 bits per heavy atom. The molecule has 0 radical (unpaired) electrons. The number of carbonyl (C=O) groups excluding carboxylic acids is 1. The van der Waals surface area contributed by atoms with Crippen molar-refractivity contribution in [1.29, 1.82) is 5.26 Å². The minimum absolute atomic E-state index is 0.0964. The summed E-state index contributed by atoms with van der Waals surface area (Å²) < 4.78 is 0. The summed E-state index contributed by atoms with van der Waals surface area (Å²) in [5.74, 6) is -0.197. The fraction of sp³-hybridized carbons (Fsp3) is 0.200. The SMILES string of the molecule is CN(C(=O)CC#N)c1cccc(O)c1. The Bertz CT molecular complexity index is 382. The van der Waals surface area contributed by atoms with Crippen molar-refractivity contribution in [2.45, 2.75) is 6.42 Å². The van der Waals surface area contributed by atoms with Gasteiger partial charge >= 0.3 is 0 Å². The average molecular weight is 190 g/mol. The highest BCUT2D eigenvalue weighted by Gasteiger charge is 2.09. The molecule has 0 bridgehead atoms. The lowest BCUT2D eigenvalue weighted by Crippen LogP contribution is -2.25. The van der Waals surface area contributed by atoms with Gasteiger partial charge in [-0.1, -0.05) is 6.07 Å². The summed E-state index contributed by atoms with van der Waals surface area (Å²) in [7, 11) is 1.56. The third kappa shape index (κ3) is 2.23. The van der Waals surface area contributed by atoms with E-state index in [4.69, 9.17) is 5.26 Å². The molecule has 0 aromatic heterocycles. The second kappa shape index (κ2) is 4.28. The van der Waals surface area contributed by atoms with Gasteiger partial charge in [-0.15, -0.1) is 0 Å². The molecule has 1 amide bonds. The minimum Gasteiger partial charge on any atom is -0.508 e. The zero-order valence-electron chi connectivity index (χ0n) is 7.77. The molecule has 1 N–H and O–H groups in total. The van der Waals surface area contributed by atoms with Crippen LogP contribution in [0.5, 0.6) is 5.75 Å². The van der Waals surface area contributed by atoms with Gasteiger partial charge < -0.3 is 10.0 Å². The molecule has 14 heavy (non-hydrogen) atoms. The van der Waals surface area contributed by atoms with Crippen LogP contribution < -0.4 is 4.90 Å². The number of aromatic hydroxyl groups is 1. The molecule has 0 unspecified atom stereocenters. The number of amides is 1. The van der Waals surface area contributed by atoms with Gasteiger partial charge in [-0.2, -0.15) is 5.26 Å². The average Bonchev–Trinajstić information content (AvgIpc) is 2.17. The monoisotopic (exact) mass is 190 g/mol. The molecular formula is C10H10N2O2. The largest absolute Gasteiger partial charge is 0.508 e. The van der Waals surface area contributed by atoms with Gasteiger partial charge in [-0.25, -0.2) is 0 Å². The van der Waals surface area contributed by atoms with Crippen molar-refractivity contribution >= 4 is 11.6 Å². The van der Waals surface area contributed by atoms with Crippen LogP contribution in [0.3, 0.4) is 0 Å². The van der Waals surface area contributed by atoms with Crippen molar-refractivity contribution in [3.63, 3.8) is 0 Å². The van der Waals surface area contributed by atoms with E-state index in [-0.39, 0.29) is 18.1 Å². The molecule has 0 spiro atoms. The lowest BCUT2D eigenvalue weighted by molar-refractivity contribution is -0.117. The molecule has 0 saturated carbocycles. The van der Waals surface area contributed by atoms with Crippen molar-refractivity contribution in [3.05, 3.63) is 24.3 Å². The zero-order chi connectivity index (χ0) is 10.6. The third-order valence-electron chi connectivity index (χ3n) is 1.82. The molecule has 0 heterocycles. The van der Waals surface area contributed by atoms with Crippen molar-refractivity contribution in [2.75, 3.05) is 11.9 Å². The summed E-state index contributed by atoms with van der Waals surface area (Å²) in [5.41, 5.74) is 0.574. The number of phenolic OH excluding ortho intramolecular Hbond substituents is 1. The maximum Gasteiger partial charge on any atom is 0.240 e. The lowest BCUT2D eigenvalue weighted by atomic mass is 10.2. The van der Waals surface area contributed by atoms with E-state index < -0.39 is 0 Å². The predicted molar refractivity (Wildman–Crippen MR) is 51.7 cm³/mol. The van der Waals surface area contributed by atoms with Gasteiger partial charge in [0.05, 0.1) is 6.07 Å². The number of anilines is 1. The number of benzene rings is 1. The summed E-state index contributed by atoms with van der Waals surface area (Å²) in [6.45, 7) is 0. The van der Waals surface area contributed by atoms with E-state index in [0.29, 0.717) is 5.69 Å². The van der Waals surface area contributed by atoms with E-state index in [1.54, 1.807) is 25.2 Å². The van der Waals surface area contributed by atoms with Gasteiger partial charge in [0.25, 0.3) is 0 Å². The van der Waals surface area contributed by atoms with Gasteiger partial charge in [0.2, 0.25) is 5.91 Å². The number of nitrogens with zero attached hydrogens (tertiary/aromatic N) is 2. The molecule has 0 aliphatic rings. The Hall–Kier alpha value is -2.02. The Morgan fingerprint density at radius 3 is 2.93 bits per heavy atom. The van der Waals surface area contributed by atoms with Crippen molar-refractivity contribution in [3.8, 4) is 11.8 Å². The Balaban J connectivity index is 2.85. The molecule has 0 aliphatic carbocycles. The zero-order valence-corrected chi connectivity index (χ0v) is 7.77. The molecule has 1 rings (SSSR count). The topological polar surface area (TPSA) is 64.3 Å². The first-order valence-electron chi connectivity index (χ1n) is 4.07. The molecule has 0 aliphatic heterocycles. The van der Waals surface area contributed by atoms with E-state index in [2.05, 4.69) is 0 Å². The summed E-state index contributed by atoms with van der Waals surface area (Å²) in [6, 6.07) is 8.10. The predicted octanol–water partition coefficient (Wildman–Crippen LogP) is 1.27. The Morgan fingerprint density at radius 2 is 2.36 bits per heavy atom. The number of carbonyl (C=O) groups is 1. The fourth-order valence-electron chi connectivity index (χ4n) is 1.03. The van der Waals surface area contributed by atoms with Crippen LogP contribution in [0.15, 0.2) is 24.3 Å². The normalized spacial score (nSPS) is 9.14. The molecule has 1 aromatic rings. The van der Waals surface area contributed by atoms with Gasteiger partial charge in [-0.3, -0.25) is 4.79 Å². The first-order chi connectivity index (χ1) is 6.65. The number of rotatable bonds is 2. The molecule has 1 aromatic carbocycles. The molecular weight excluding hydrogens is 180 g/mol. The highest BCUT2D eigenvalue weighted by molar-refractivity contribution is 5.94. The molecule has 4 heteroatoms. The van der Waals surface area contributed by atoms with Gasteiger partial charge in [0, 0.05) is 18.8 Å². The number of nitriles is 1. The summed E-state index contributed by atoms with van der Waals surface area (Å²) in [6.07, 6.45) is -0.161. The summed E-state index contributed by atoms with van der Waals surface area (Å²) in [4.78, 5) is 12.6. The lowest BCUT2D eigenvalue weighted by Gasteiger charge is -2.15. The van der Waals surface area contributed by atoms with E-state index in [1.807, 2.05) is 0 Å². The van der Waals surface area contributed by atoms with Gasteiger partial charge in [-0.05, 0) is 12.1 Å². The van der Waals surface area contributed by atoms with Crippen LogP contribution in [0.1, 0.15) is 6.42 Å². The molecule has 72 valence electrons. The van der Waals surface area contributed by atoms with E-state index in [9.17, 15) is 9.90 Å². The number of hydrogen-bond acceptors (Lipinski definition) is 3. The van der Waals surface area contributed by atoms with Gasteiger partial charge in [0.15, 0.2) is 0 Å². The second-order valence-electron chi connectivity index (χ2n) is 2.81. The molecule has 4 nitrogen and oxygen atoms in total. The number of phenols is 1. The number of hydrogen-bond donors (Lipinski definition) is 1. The third-order valence-corrected chi connectivity index (χ3v) is 1.82. The summed E-state index contributed by atoms with van der Waals surface area (Å²) in [5, 5.41) is 17.5. The Labute approximate surface area is 82.0 Å². The van der Waals surface area contributed by atoms with Crippen molar-refractivity contribution in [1.82, 2.24) is 0 Å². The molecule has 0 saturated heterocycles. The van der Waals surface area contributed by atoms with Gasteiger partial charge in [0.1, 0.15) is 12.2 Å². The standard InChI is InChI=1S/C10H10N2O2/c1-12(10(14)5-6-11)8-3-2-4-9(13)7-8/h2-4,7,13H,5H2,1H3. The van der Waals surface area contributed by atoms with Crippen LogP contribution in [0.2, 0.25) is 0 Å². The van der Waals surface area contributed by atoms with E-state index in [0.717, 1.165) is 0 Å². The van der Waals surface area contributed by atoms with Crippen LogP contribution in [0, 0.1) is 11.3 Å². The maximum absolute atomic E-state index is 11.3. The summed E-state index contributed by atoms with van der Waals surface area (Å²) >= 11 is 0. The van der Waals surface area contributed by atoms with Crippen molar-refractivity contribution < 1.29 is 9.90 Å². The van der Waals surface area contributed by atoms with Crippen LogP contribution >= 0.6 is 0 Å². The first kappa shape index (κ1) is 10.1. The van der Waals surface area contributed by atoms with Crippen LogP contribution in [0.25, 0.3) is 0 Å². The first-order valence-corrected chi connectivity index (χ1v) is 4.07. The molecule has 0 atom stereocenters. The highest BCUT2D eigenvalue weighted by atomic mass is 16.3. The van der Waals surface area contributed by atoms with Crippen LogP contribution in [-0.4, -0.2) is 18.1 Å². The Kier molecular flexibility index (Phi) is 3.08. The minimum atomic E-state index is -0.293. The van der Waals surface area contributed by atoms with E-state index >= 15 is 0 Å². The smallest absolute Gasteiger partial charge is 0.240 e. The maximum atomic E-state index is 11.3. The fourth-order valence-corrected chi connectivity index (χ4v) is 1.03. The van der Waals surface area contributed by atoms with Crippen molar-refractivity contribution in [2.24, 2.45) is 0 Å². The van der Waals surface area contributed by atoms with Crippen LogP contribution in [-0.2, 0) is 4.79 Å². The highest BCUT2D eigenvalue weighted by Crippen LogP contribution is 2.19. The van der Waals surface area contributed by atoms with Crippen LogP contribution in [0.4, 0.5) is 5.69 Å². The quantitative estimate of drug-likeness (QED) is 0.763. The molecule has 0 fully saturated rings.